The third kappa shape index (κ3) is 4.34. The average Bonchev–Trinajstić information content (AvgIpc) is 3.07. The minimum atomic E-state index is -0.202. The van der Waals surface area contributed by atoms with Crippen molar-refractivity contribution in [2.24, 2.45) is 0 Å². The first-order chi connectivity index (χ1) is 12.7. The maximum atomic E-state index is 12.5. The van der Waals surface area contributed by atoms with Gasteiger partial charge in [0.2, 0.25) is 0 Å². The van der Waals surface area contributed by atoms with E-state index in [1.807, 2.05) is 43.3 Å². The van der Waals surface area contributed by atoms with Gasteiger partial charge in [-0.25, -0.2) is 0 Å². The number of aromatic amines is 1. The Morgan fingerprint density at radius 1 is 1.00 bits per heavy atom. The summed E-state index contributed by atoms with van der Waals surface area (Å²) >= 11 is 0. The van der Waals surface area contributed by atoms with Gasteiger partial charge in [0.25, 0.3) is 5.91 Å². The van der Waals surface area contributed by atoms with Crippen LogP contribution in [0.2, 0.25) is 0 Å². The maximum Gasteiger partial charge on any atom is 0.272 e. The fraction of sp³-hybridized carbons (Fsp3) is 0.250. The highest BCUT2D eigenvalue weighted by Gasteiger charge is 2.10. The van der Waals surface area contributed by atoms with Gasteiger partial charge < -0.3 is 24.5 Å². The molecule has 0 aliphatic heterocycles. The van der Waals surface area contributed by atoms with Crippen molar-refractivity contribution in [1.29, 1.82) is 0 Å². The number of carbonyl (C=O) groups excluding carboxylic acids is 1. The van der Waals surface area contributed by atoms with Crippen LogP contribution in [0.15, 0.2) is 48.5 Å². The van der Waals surface area contributed by atoms with Crippen LogP contribution in [0.25, 0.3) is 10.9 Å². The fourth-order valence-corrected chi connectivity index (χ4v) is 2.56. The number of fused-ring (bicyclic) bond motifs is 1. The zero-order valence-corrected chi connectivity index (χ0v) is 14.9. The van der Waals surface area contributed by atoms with Gasteiger partial charge in [0.1, 0.15) is 23.8 Å². The number of H-pyrrole nitrogens is 1. The van der Waals surface area contributed by atoms with Crippen LogP contribution in [0.4, 0.5) is 5.69 Å². The molecule has 0 spiro atoms. The molecule has 0 fully saturated rings. The lowest BCUT2D eigenvalue weighted by atomic mass is 10.2. The fourth-order valence-electron chi connectivity index (χ4n) is 2.56. The summed E-state index contributed by atoms with van der Waals surface area (Å²) in [5.41, 5.74) is 2.06. The molecule has 0 aliphatic carbocycles. The predicted molar refractivity (Wildman–Crippen MR) is 101 cm³/mol. The van der Waals surface area contributed by atoms with E-state index in [9.17, 15) is 4.79 Å². The molecule has 1 aromatic heterocycles. The lowest BCUT2D eigenvalue weighted by Gasteiger charge is -2.07. The molecular weight excluding hydrogens is 332 g/mol. The molecule has 6 nitrogen and oxygen atoms in total. The highest BCUT2D eigenvalue weighted by Crippen LogP contribution is 2.22. The maximum absolute atomic E-state index is 12.5. The molecule has 136 valence electrons. The van der Waals surface area contributed by atoms with E-state index < -0.39 is 0 Å². The number of hydrogen-bond acceptors (Lipinski definition) is 4. The lowest BCUT2D eigenvalue weighted by molar-refractivity contribution is 0.102. The van der Waals surface area contributed by atoms with E-state index in [4.69, 9.17) is 14.2 Å². The van der Waals surface area contributed by atoms with Crippen LogP contribution in [0.5, 0.6) is 11.5 Å². The predicted octanol–water partition coefficient (Wildman–Crippen LogP) is 3.84. The normalized spacial score (nSPS) is 10.7. The summed E-state index contributed by atoms with van der Waals surface area (Å²) in [7, 11) is 1.63. The van der Waals surface area contributed by atoms with Crippen molar-refractivity contribution in [3.8, 4) is 11.5 Å². The highest BCUT2D eigenvalue weighted by molar-refractivity contribution is 6.06. The quantitative estimate of drug-likeness (QED) is 0.603. The number of amides is 1. The first-order valence-electron chi connectivity index (χ1n) is 8.48. The Morgan fingerprint density at radius 2 is 1.77 bits per heavy atom. The minimum absolute atomic E-state index is 0.202. The standard InChI is InChI=1S/C20H22N2O4/c1-3-25-17-7-4-14-12-19(22-18(14)13-17)20(23)21-15-5-8-16(9-6-15)26-11-10-24-2/h4-9,12-13,22H,3,10-11H2,1-2H3,(H,21,23). The number of nitrogens with one attached hydrogen (secondary N) is 2. The zero-order chi connectivity index (χ0) is 18.4. The number of aromatic nitrogens is 1. The second kappa shape index (κ2) is 8.40. The van der Waals surface area contributed by atoms with Crippen LogP contribution in [0.3, 0.4) is 0 Å². The molecular formula is C20H22N2O4. The smallest absolute Gasteiger partial charge is 0.272 e. The molecule has 0 unspecified atom stereocenters. The number of carbonyl (C=O) groups is 1. The van der Waals surface area contributed by atoms with E-state index in [1.165, 1.54) is 0 Å². The van der Waals surface area contributed by atoms with Gasteiger partial charge in [-0.3, -0.25) is 4.79 Å². The molecule has 1 amide bonds. The first-order valence-corrected chi connectivity index (χ1v) is 8.48. The van der Waals surface area contributed by atoms with Gasteiger partial charge in [0.05, 0.1) is 13.2 Å². The van der Waals surface area contributed by atoms with Crippen molar-refractivity contribution >= 4 is 22.5 Å². The molecule has 1 heterocycles. The number of anilines is 1. The lowest BCUT2D eigenvalue weighted by Crippen LogP contribution is -2.12. The molecule has 6 heteroatoms. The minimum Gasteiger partial charge on any atom is -0.494 e. The highest BCUT2D eigenvalue weighted by atomic mass is 16.5. The summed E-state index contributed by atoms with van der Waals surface area (Å²) in [6.45, 7) is 3.56. The van der Waals surface area contributed by atoms with Gasteiger partial charge >= 0.3 is 0 Å². The largest absolute Gasteiger partial charge is 0.494 e. The van der Waals surface area contributed by atoms with Crippen LogP contribution in [0, 0.1) is 0 Å². The molecule has 3 aromatic rings. The van der Waals surface area contributed by atoms with Crippen LogP contribution in [0.1, 0.15) is 17.4 Å². The van der Waals surface area contributed by atoms with Crippen LogP contribution in [-0.2, 0) is 4.74 Å². The van der Waals surface area contributed by atoms with Gasteiger partial charge in [-0.1, -0.05) is 0 Å². The summed E-state index contributed by atoms with van der Waals surface area (Å²) in [6, 6.07) is 14.8. The molecule has 26 heavy (non-hydrogen) atoms. The molecule has 2 N–H and O–H groups in total. The molecule has 0 saturated heterocycles. The topological polar surface area (TPSA) is 72.6 Å². The second-order valence-electron chi connectivity index (χ2n) is 5.68. The molecule has 0 bridgehead atoms. The van der Waals surface area contributed by atoms with Gasteiger partial charge in [0, 0.05) is 29.8 Å². The first kappa shape index (κ1) is 17.8. The van der Waals surface area contributed by atoms with Crippen molar-refractivity contribution in [3.63, 3.8) is 0 Å². The number of hydrogen-bond donors (Lipinski definition) is 2. The van der Waals surface area contributed by atoms with E-state index >= 15 is 0 Å². The zero-order valence-electron chi connectivity index (χ0n) is 14.9. The summed E-state index contributed by atoms with van der Waals surface area (Å²) in [5, 5.41) is 3.83. The van der Waals surface area contributed by atoms with Crippen molar-refractivity contribution in [1.82, 2.24) is 4.98 Å². The third-order valence-corrected chi connectivity index (χ3v) is 3.82. The number of rotatable bonds is 8. The average molecular weight is 354 g/mol. The Bertz CT molecular complexity index is 871. The molecule has 0 atom stereocenters. The van der Waals surface area contributed by atoms with Gasteiger partial charge in [-0.05, 0) is 49.4 Å². The van der Waals surface area contributed by atoms with Crippen LogP contribution >= 0.6 is 0 Å². The molecule has 2 aromatic carbocycles. The van der Waals surface area contributed by atoms with E-state index in [1.54, 1.807) is 19.2 Å². The Hall–Kier alpha value is -2.99. The third-order valence-electron chi connectivity index (χ3n) is 3.82. The van der Waals surface area contributed by atoms with Crippen molar-refractivity contribution in [2.45, 2.75) is 6.92 Å². The Morgan fingerprint density at radius 3 is 2.50 bits per heavy atom. The SMILES string of the molecule is CCOc1ccc2cc(C(=O)Nc3ccc(OCCOC)cc3)[nH]c2c1. The molecule has 3 rings (SSSR count). The second-order valence-corrected chi connectivity index (χ2v) is 5.68. The van der Waals surface area contributed by atoms with Crippen LogP contribution in [-0.4, -0.2) is 37.8 Å². The number of methoxy groups -OCH3 is 1. The van der Waals surface area contributed by atoms with E-state index in [0.29, 0.717) is 31.2 Å². The Labute approximate surface area is 152 Å². The summed E-state index contributed by atoms with van der Waals surface area (Å²) in [6.07, 6.45) is 0. The van der Waals surface area contributed by atoms with Crippen molar-refractivity contribution < 1.29 is 19.0 Å². The molecule has 0 saturated carbocycles. The summed E-state index contributed by atoms with van der Waals surface area (Å²) in [5.74, 6) is 1.30. The van der Waals surface area contributed by atoms with Gasteiger partial charge in [-0.2, -0.15) is 0 Å². The summed E-state index contributed by atoms with van der Waals surface area (Å²) in [4.78, 5) is 15.6. The van der Waals surface area contributed by atoms with E-state index in [-0.39, 0.29) is 5.91 Å². The van der Waals surface area contributed by atoms with Crippen LogP contribution < -0.4 is 14.8 Å². The van der Waals surface area contributed by atoms with Gasteiger partial charge in [-0.15, -0.1) is 0 Å². The number of ether oxygens (including phenoxy) is 3. The van der Waals surface area contributed by atoms with Crippen molar-refractivity contribution in [3.05, 3.63) is 54.2 Å². The van der Waals surface area contributed by atoms with Gasteiger partial charge in [0.15, 0.2) is 0 Å². The molecule has 0 radical (unpaired) electrons. The Balaban J connectivity index is 1.66. The molecule has 0 aliphatic rings. The van der Waals surface area contributed by atoms with E-state index in [0.717, 1.165) is 22.4 Å². The Kier molecular flexibility index (Phi) is 5.76. The summed E-state index contributed by atoms with van der Waals surface area (Å²) < 4.78 is 15.9. The number of benzene rings is 2. The van der Waals surface area contributed by atoms with E-state index in [2.05, 4.69) is 10.3 Å². The van der Waals surface area contributed by atoms with Crippen molar-refractivity contribution in [2.75, 3.05) is 32.2 Å². The monoisotopic (exact) mass is 354 g/mol.